The van der Waals surface area contributed by atoms with Crippen LogP contribution in [0.1, 0.15) is 24.5 Å². The molecule has 0 aromatic carbocycles. The van der Waals surface area contributed by atoms with Crippen LogP contribution in [0.15, 0.2) is 18.2 Å². The van der Waals surface area contributed by atoms with E-state index >= 15 is 0 Å². The van der Waals surface area contributed by atoms with E-state index in [9.17, 15) is 0 Å². The van der Waals surface area contributed by atoms with Gasteiger partial charge in [0.05, 0.1) is 10.9 Å². The third-order valence-electron chi connectivity index (χ3n) is 2.64. The minimum atomic E-state index is 0.412. The predicted molar refractivity (Wildman–Crippen MR) is 88.2 cm³/mol. The van der Waals surface area contributed by atoms with Crippen LogP contribution in [-0.4, -0.2) is 23.1 Å². The lowest BCUT2D eigenvalue weighted by atomic mass is 10.4. The van der Waals surface area contributed by atoms with Crippen molar-refractivity contribution in [3.05, 3.63) is 33.2 Å². The fourth-order valence-electron chi connectivity index (χ4n) is 1.74. The number of ether oxygens (including phenoxy) is 1. The first-order valence-corrected chi connectivity index (χ1v) is 8.08. The number of thiophene rings is 1. The molecule has 0 aliphatic rings. The number of nitrogens with zero attached hydrogens (tertiary/aromatic N) is 2. The summed E-state index contributed by atoms with van der Waals surface area (Å²) >= 11 is 7.49. The topological polar surface area (TPSA) is 59.1 Å². The molecule has 114 valence electrons. The van der Waals surface area contributed by atoms with Gasteiger partial charge in [0.25, 0.3) is 0 Å². The Morgan fingerprint density at radius 2 is 1.95 bits per heavy atom. The van der Waals surface area contributed by atoms with E-state index in [1.807, 2.05) is 32.0 Å². The lowest BCUT2D eigenvalue weighted by Crippen LogP contribution is -2.08. The molecule has 21 heavy (non-hydrogen) atoms. The standard InChI is InChI=1S/C14H19ClN4OS/c1-3-16-12-7-13(19-14(18-12)9-20-4-2)17-8-10-5-6-11(15)21-10/h5-7H,3-4,8-9H2,1-2H3,(H2,16,17,18,19). The van der Waals surface area contributed by atoms with Crippen LogP contribution >= 0.6 is 22.9 Å². The molecule has 0 unspecified atom stereocenters. The SMILES string of the molecule is CCNc1cc(NCc2ccc(Cl)s2)nc(COCC)n1. The molecule has 0 atom stereocenters. The lowest BCUT2D eigenvalue weighted by molar-refractivity contribution is 0.128. The summed E-state index contributed by atoms with van der Waals surface area (Å²) in [6.07, 6.45) is 0. The summed E-state index contributed by atoms with van der Waals surface area (Å²) in [5.41, 5.74) is 0. The molecule has 0 radical (unpaired) electrons. The van der Waals surface area contributed by atoms with Crippen molar-refractivity contribution in [2.75, 3.05) is 23.8 Å². The highest BCUT2D eigenvalue weighted by Crippen LogP contribution is 2.22. The van der Waals surface area contributed by atoms with Gasteiger partial charge in [0.2, 0.25) is 0 Å². The predicted octanol–water partition coefficient (Wildman–Crippen LogP) is 3.77. The Morgan fingerprint density at radius 3 is 2.57 bits per heavy atom. The minimum absolute atomic E-state index is 0.412. The van der Waals surface area contributed by atoms with Crippen LogP contribution in [0.25, 0.3) is 0 Å². The Kier molecular flexibility index (Phi) is 6.22. The maximum atomic E-state index is 5.93. The highest BCUT2D eigenvalue weighted by Gasteiger charge is 2.05. The van der Waals surface area contributed by atoms with Crippen LogP contribution in [-0.2, 0) is 17.9 Å². The van der Waals surface area contributed by atoms with Crippen molar-refractivity contribution in [1.82, 2.24) is 9.97 Å². The second-order valence-electron chi connectivity index (χ2n) is 4.28. The van der Waals surface area contributed by atoms with Gasteiger partial charge in [-0.1, -0.05) is 11.6 Å². The third-order valence-corrected chi connectivity index (χ3v) is 3.87. The summed E-state index contributed by atoms with van der Waals surface area (Å²) in [4.78, 5) is 10.0. The lowest BCUT2D eigenvalue weighted by Gasteiger charge is -2.10. The van der Waals surface area contributed by atoms with Crippen molar-refractivity contribution in [3.8, 4) is 0 Å². The van der Waals surface area contributed by atoms with Gasteiger partial charge in [0, 0.05) is 24.1 Å². The fraction of sp³-hybridized carbons (Fsp3) is 0.429. The number of aromatic nitrogens is 2. The van der Waals surface area contributed by atoms with E-state index in [4.69, 9.17) is 16.3 Å². The van der Waals surface area contributed by atoms with Crippen LogP contribution in [0.2, 0.25) is 4.34 Å². The van der Waals surface area contributed by atoms with Crippen LogP contribution in [0.3, 0.4) is 0 Å². The first-order chi connectivity index (χ1) is 10.2. The molecular weight excluding hydrogens is 308 g/mol. The molecule has 0 saturated carbocycles. The van der Waals surface area contributed by atoms with Crippen LogP contribution in [0.4, 0.5) is 11.6 Å². The maximum Gasteiger partial charge on any atom is 0.158 e. The number of halogens is 1. The fourth-order valence-corrected chi connectivity index (χ4v) is 2.77. The molecule has 0 fully saturated rings. The third kappa shape index (κ3) is 5.15. The van der Waals surface area contributed by atoms with Crippen molar-refractivity contribution >= 4 is 34.6 Å². The van der Waals surface area contributed by atoms with Crippen molar-refractivity contribution in [1.29, 1.82) is 0 Å². The summed E-state index contributed by atoms with van der Waals surface area (Å²) in [7, 11) is 0. The van der Waals surface area contributed by atoms with E-state index in [0.717, 1.165) is 27.4 Å². The molecule has 2 heterocycles. The molecule has 0 aliphatic heterocycles. The van der Waals surface area contributed by atoms with E-state index in [1.54, 1.807) is 11.3 Å². The molecule has 0 aliphatic carbocycles. The molecule has 2 rings (SSSR count). The van der Waals surface area contributed by atoms with Gasteiger partial charge in [-0.15, -0.1) is 11.3 Å². The summed E-state index contributed by atoms with van der Waals surface area (Å²) in [5.74, 6) is 2.25. The zero-order chi connectivity index (χ0) is 15.1. The minimum Gasteiger partial charge on any atom is -0.374 e. The first-order valence-electron chi connectivity index (χ1n) is 6.89. The average Bonchev–Trinajstić information content (AvgIpc) is 2.89. The summed E-state index contributed by atoms with van der Waals surface area (Å²) in [6, 6.07) is 5.80. The van der Waals surface area contributed by atoms with Gasteiger partial charge in [0.15, 0.2) is 5.82 Å². The molecular formula is C14H19ClN4OS. The van der Waals surface area contributed by atoms with E-state index in [2.05, 4.69) is 20.6 Å². The summed E-state index contributed by atoms with van der Waals surface area (Å²) in [5, 5.41) is 6.50. The van der Waals surface area contributed by atoms with Crippen molar-refractivity contribution < 1.29 is 4.74 Å². The molecule has 0 spiro atoms. The van der Waals surface area contributed by atoms with Crippen molar-refractivity contribution in [3.63, 3.8) is 0 Å². The molecule has 0 bridgehead atoms. The molecule has 2 aromatic heterocycles. The average molecular weight is 327 g/mol. The normalized spacial score (nSPS) is 10.6. The second kappa shape index (κ2) is 8.17. The van der Waals surface area contributed by atoms with Crippen LogP contribution < -0.4 is 10.6 Å². The number of hydrogen-bond acceptors (Lipinski definition) is 6. The van der Waals surface area contributed by atoms with Gasteiger partial charge in [0.1, 0.15) is 18.2 Å². The number of rotatable bonds is 8. The smallest absolute Gasteiger partial charge is 0.158 e. The van der Waals surface area contributed by atoms with Crippen LogP contribution in [0.5, 0.6) is 0 Å². The van der Waals surface area contributed by atoms with Gasteiger partial charge in [-0.25, -0.2) is 9.97 Å². The monoisotopic (exact) mass is 326 g/mol. The Morgan fingerprint density at radius 1 is 1.19 bits per heavy atom. The molecule has 2 N–H and O–H groups in total. The highest BCUT2D eigenvalue weighted by molar-refractivity contribution is 7.16. The van der Waals surface area contributed by atoms with E-state index in [1.165, 1.54) is 0 Å². The van der Waals surface area contributed by atoms with Crippen molar-refractivity contribution in [2.45, 2.75) is 27.0 Å². The van der Waals surface area contributed by atoms with E-state index < -0.39 is 0 Å². The molecule has 7 heteroatoms. The summed E-state index contributed by atoms with van der Waals surface area (Å²) < 4.78 is 6.17. The number of anilines is 2. The molecule has 0 saturated heterocycles. The Bertz CT molecular complexity index is 576. The quantitative estimate of drug-likeness (QED) is 0.773. The van der Waals surface area contributed by atoms with Gasteiger partial charge < -0.3 is 15.4 Å². The van der Waals surface area contributed by atoms with Gasteiger partial charge in [-0.3, -0.25) is 0 Å². The summed E-state index contributed by atoms with van der Waals surface area (Å²) in [6.45, 7) is 6.54. The Labute approximate surface area is 133 Å². The molecule has 2 aromatic rings. The van der Waals surface area contributed by atoms with E-state index in [-0.39, 0.29) is 0 Å². The number of nitrogens with one attached hydrogen (secondary N) is 2. The molecule has 0 amide bonds. The largest absolute Gasteiger partial charge is 0.374 e. The van der Waals surface area contributed by atoms with Gasteiger partial charge in [-0.2, -0.15) is 0 Å². The Balaban J connectivity index is 2.07. The maximum absolute atomic E-state index is 5.93. The van der Waals surface area contributed by atoms with Gasteiger partial charge in [-0.05, 0) is 26.0 Å². The zero-order valence-electron chi connectivity index (χ0n) is 12.1. The first kappa shape index (κ1) is 16.0. The molecule has 5 nitrogen and oxygen atoms in total. The van der Waals surface area contributed by atoms with Gasteiger partial charge >= 0.3 is 0 Å². The second-order valence-corrected chi connectivity index (χ2v) is 6.08. The number of hydrogen-bond donors (Lipinski definition) is 2. The van der Waals surface area contributed by atoms with Crippen LogP contribution in [0, 0.1) is 0 Å². The van der Waals surface area contributed by atoms with E-state index in [0.29, 0.717) is 25.6 Å². The Hall–Kier alpha value is -1.37. The van der Waals surface area contributed by atoms with Crippen molar-refractivity contribution in [2.24, 2.45) is 0 Å². The zero-order valence-corrected chi connectivity index (χ0v) is 13.7. The highest BCUT2D eigenvalue weighted by atomic mass is 35.5.